The van der Waals surface area contributed by atoms with E-state index in [4.69, 9.17) is 4.74 Å². The third kappa shape index (κ3) is 5.32. The summed E-state index contributed by atoms with van der Waals surface area (Å²) < 4.78 is 5.01. The smallest absolute Gasteiger partial charge is 0.240 e. The van der Waals surface area contributed by atoms with E-state index < -0.39 is 0 Å². The van der Waals surface area contributed by atoms with Gasteiger partial charge in [-0.1, -0.05) is 36.4 Å². The van der Waals surface area contributed by atoms with E-state index >= 15 is 0 Å². The number of hydrogen-bond acceptors (Lipinski definition) is 5. The van der Waals surface area contributed by atoms with Gasteiger partial charge in [0.1, 0.15) is 0 Å². The number of anilines is 1. The maximum absolute atomic E-state index is 12.2. The van der Waals surface area contributed by atoms with E-state index in [1.54, 1.807) is 12.1 Å². The van der Waals surface area contributed by atoms with Gasteiger partial charge >= 0.3 is 0 Å². The number of hydrogen-bond donors (Lipinski definition) is 3. The molecule has 0 aliphatic heterocycles. The summed E-state index contributed by atoms with van der Waals surface area (Å²) in [6.07, 6.45) is 1.47. The van der Waals surface area contributed by atoms with Gasteiger partial charge in [-0.25, -0.2) is 5.43 Å². The van der Waals surface area contributed by atoms with Crippen LogP contribution in [0.1, 0.15) is 18.4 Å². The second-order valence-electron chi connectivity index (χ2n) is 6.30. The van der Waals surface area contributed by atoms with Crippen molar-refractivity contribution in [1.82, 2.24) is 5.43 Å². The van der Waals surface area contributed by atoms with Crippen molar-refractivity contribution in [3.8, 4) is 11.5 Å². The maximum Gasteiger partial charge on any atom is 0.240 e. The number of benzene rings is 3. The lowest BCUT2D eigenvalue weighted by Crippen LogP contribution is -2.20. The van der Waals surface area contributed by atoms with Gasteiger partial charge in [0.25, 0.3) is 0 Å². The monoisotopic (exact) mass is 391 g/mol. The van der Waals surface area contributed by atoms with Crippen LogP contribution in [0.5, 0.6) is 11.5 Å². The second kappa shape index (κ2) is 9.36. The number of phenols is 1. The number of hydrazone groups is 1. The third-order valence-corrected chi connectivity index (χ3v) is 4.25. The number of carbonyl (C=O) groups excluding carboxylic acids is 2. The van der Waals surface area contributed by atoms with Gasteiger partial charge < -0.3 is 15.2 Å². The average molecular weight is 391 g/mol. The number of nitrogens with zero attached hydrogens (tertiary/aromatic N) is 1. The van der Waals surface area contributed by atoms with Gasteiger partial charge in [-0.05, 0) is 35.2 Å². The van der Waals surface area contributed by atoms with E-state index in [0.29, 0.717) is 17.0 Å². The molecule has 0 saturated carbocycles. The molecule has 0 heterocycles. The molecule has 0 spiro atoms. The minimum atomic E-state index is -0.375. The maximum atomic E-state index is 12.2. The van der Waals surface area contributed by atoms with Gasteiger partial charge in [-0.15, -0.1) is 0 Å². The van der Waals surface area contributed by atoms with Crippen molar-refractivity contribution in [3.05, 3.63) is 66.2 Å². The zero-order valence-corrected chi connectivity index (χ0v) is 15.9. The molecule has 3 N–H and O–H groups in total. The Morgan fingerprint density at radius 2 is 1.79 bits per heavy atom. The summed E-state index contributed by atoms with van der Waals surface area (Å²) in [5, 5.41) is 18.2. The highest BCUT2D eigenvalue weighted by Crippen LogP contribution is 2.25. The molecule has 0 bridgehead atoms. The summed E-state index contributed by atoms with van der Waals surface area (Å²) >= 11 is 0. The number of methoxy groups -OCH3 is 1. The Morgan fingerprint density at radius 3 is 2.62 bits per heavy atom. The first-order valence-electron chi connectivity index (χ1n) is 9.03. The fourth-order valence-corrected chi connectivity index (χ4v) is 2.78. The van der Waals surface area contributed by atoms with Crippen LogP contribution >= 0.6 is 0 Å². The Hall–Kier alpha value is -3.87. The number of ether oxygens (including phenoxy) is 1. The third-order valence-electron chi connectivity index (χ3n) is 4.25. The molecule has 3 aromatic rings. The molecule has 7 nitrogen and oxygen atoms in total. The van der Waals surface area contributed by atoms with Gasteiger partial charge in [-0.3, -0.25) is 9.59 Å². The van der Waals surface area contributed by atoms with Crippen LogP contribution in [0.3, 0.4) is 0 Å². The van der Waals surface area contributed by atoms with Crippen LogP contribution in [0, 0.1) is 0 Å². The van der Waals surface area contributed by atoms with Crippen molar-refractivity contribution in [1.29, 1.82) is 0 Å². The molecular weight excluding hydrogens is 370 g/mol. The highest BCUT2D eigenvalue weighted by Gasteiger charge is 2.08. The van der Waals surface area contributed by atoms with E-state index in [1.165, 1.54) is 19.4 Å². The zero-order valence-electron chi connectivity index (χ0n) is 15.9. The first-order chi connectivity index (χ1) is 14.1. The molecule has 0 fully saturated rings. The molecule has 0 aliphatic rings. The first-order valence-corrected chi connectivity index (χ1v) is 9.03. The first kappa shape index (κ1) is 19.9. The second-order valence-corrected chi connectivity index (χ2v) is 6.30. The topological polar surface area (TPSA) is 100 Å². The number of rotatable bonds is 7. The number of nitrogens with one attached hydrogen (secondary N) is 2. The van der Waals surface area contributed by atoms with E-state index in [9.17, 15) is 14.7 Å². The Bertz CT molecular complexity index is 1060. The van der Waals surface area contributed by atoms with E-state index in [2.05, 4.69) is 15.8 Å². The van der Waals surface area contributed by atoms with Crippen molar-refractivity contribution in [2.75, 3.05) is 12.4 Å². The van der Waals surface area contributed by atoms with Gasteiger partial charge in [0.15, 0.2) is 11.5 Å². The summed E-state index contributed by atoms with van der Waals surface area (Å²) in [4.78, 5) is 24.1. The number of carbonyl (C=O) groups is 2. The molecule has 3 rings (SSSR count). The predicted molar refractivity (Wildman–Crippen MR) is 112 cm³/mol. The molecule has 3 aromatic carbocycles. The lowest BCUT2D eigenvalue weighted by Gasteiger charge is -2.08. The normalized spacial score (nSPS) is 10.8. The predicted octanol–water partition coefficient (Wildman–Crippen LogP) is 3.42. The Balaban J connectivity index is 1.49. The zero-order chi connectivity index (χ0) is 20.6. The van der Waals surface area contributed by atoms with Gasteiger partial charge in [-0.2, -0.15) is 5.10 Å². The van der Waals surface area contributed by atoms with Crippen molar-refractivity contribution >= 4 is 34.5 Å². The van der Waals surface area contributed by atoms with Crippen LogP contribution in [0.15, 0.2) is 65.8 Å². The van der Waals surface area contributed by atoms with Crippen molar-refractivity contribution in [3.63, 3.8) is 0 Å². The number of phenolic OH excluding ortho intramolecular Hbond substituents is 1. The summed E-state index contributed by atoms with van der Waals surface area (Å²) in [6, 6.07) is 18.1. The molecular formula is C22H21N3O4. The molecule has 0 atom stereocenters. The van der Waals surface area contributed by atoms with E-state index in [0.717, 1.165) is 10.8 Å². The molecule has 0 unspecified atom stereocenters. The minimum absolute atomic E-state index is 0.00678. The van der Waals surface area contributed by atoms with Crippen molar-refractivity contribution in [2.24, 2.45) is 5.10 Å². The molecule has 0 aliphatic carbocycles. The highest BCUT2D eigenvalue weighted by atomic mass is 16.5. The van der Waals surface area contributed by atoms with E-state index in [-0.39, 0.29) is 30.4 Å². The molecule has 29 heavy (non-hydrogen) atoms. The van der Waals surface area contributed by atoms with Crippen LogP contribution in [-0.2, 0) is 9.59 Å². The summed E-state index contributed by atoms with van der Waals surface area (Å²) in [5.41, 5.74) is 3.74. The molecule has 7 heteroatoms. The number of fused-ring (bicyclic) bond motifs is 1. The molecule has 0 radical (unpaired) electrons. The van der Waals surface area contributed by atoms with Crippen LogP contribution in [0.2, 0.25) is 0 Å². The van der Waals surface area contributed by atoms with Gasteiger partial charge in [0, 0.05) is 23.9 Å². The lowest BCUT2D eigenvalue weighted by atomic mass is 10.1. The Labute approximate surface area is 168 Å². The van der Waals surface area contributed by atoms with Crippen LogP contribution in [-0.4, -0.2) is 30.2 Å². The average Bonchev–Trinajstić information content (AvgIpc) is 2.74. The quantitative estimate of drug-likeness (QED) is 0.424. The lowest BCUT2D eigenvalue weighted by molar-refractivity contribution is -0.124. The summed E-state index contributed by atoms with van der Waals surface area (Å²) in [6.45, 7) is 0. The minimum Gasteiger partial charge on any atom is -0.504 e. The highest BCUT2D eigenvalue weighted by molar-refractivity contribution is 6.02. The van der Waals surface area contributed by atoms with Crippen molar-refractivity contribution < 1.29 is 19.4 Å². The largest absolute Gasteiger partial charge is 0.504 e. The van der Waals surface area contributed by atoms with Crippen molar-refractivity contribution in [2.45, 2.75) is 12.8 Å². The van der Waals surface area contributed by atoms with Crippen LogP contribution in [0.25, 0.3) is 10.8 Å². The number of aromatic hydroxyl groups is 1. The molecule has 0 aromatic heterocycles. The summed E-state index contributed by atoms with van der Waals surface area (Å²) in [7, 11) is 1.45. The standard InChI is InChI=1S/C22H21N3O4/c1-29-20-13-15(9-10-19(20)26)14-23-25-22(28)12-11-21(27)24-18-8-4-6-16-5-2-3-7-17(16)18/h2-10,13-14,26H,11-12H2,1H3,(H,24,27)(H,25,28)/b23-14-. The molecule has 2 amide bonds. The fourth-order valence-electron chi connectivity index (χ4n) is 2.78. The van der Waals surface area contributed by atoms with Gasteiger partial charge in [0.05, 0.1) is 13.3 Å². The molecule has 148 valence electrons. The SMILES string of the molecule is COc1cc(/C=N\NC(=O)CCC(=O)Nc2cccc3ccccc23)ccc1O. The fraction of sp³-hybridized carbons (Fsp3) is 0.136. The Kier molecular flexibility index (Phi) is 6.42. The van der Waals surface area contributed by atoms with Gasteiger partial charge in [0.2, 0.25) is 11.8 Å². The van der Waals surface area contributed by atoms with Crippen LogP contribution < -0.4 is 15.5 Å². The van der Waals surface area contributed by atoms with E-state index in [1.807, 2.05) is 42.5 Å². The molecule has 0 saturated heterocycles. The summed E-state index contributed by atoms with van der Waals surface area (Å²) in [5.74, 6) is -0.292. The number of amides is 2. The van der Waals surface area contributed by atoms with Crippen LogP contribution in [0.4, 0.5) is 5.69 Å². The Morgan fingerprint density at radius 1 is 1.03 bits per heavy atom.